The van der Waals surface area contributed by atoms with Gasteiger partial charge in [0.05, 0.1) is 0 Å². The van der Waals surface area contributed by atoms with Crippen LogP contribution < -0.4 is 0 Å². The molecule has 0 aliphatic carbocycles. The predicted molar refractivity (Wildman–Crippen MR) is 88.1 cm³/mol. The van der Waals surface area contributed by atoms with Crippen LogP contribution in [0.15, 0.2) is 35.5 Å². The molecule has 0 bridgehead atoms. The number of fused-ring (bicyclic) bond motifs is 1. The fourth-order valence-corrected chi connectivity index (χ4v) is 3.31. The van der Waals surface area contributed by atoms with Crippen molar-refractivity contribution in [3.8, 4) is 0 Å². The van der Waals surface area contributed by atoms with Gasteiger partial charge in [-0.1, -0.05) is 43.0 Å². The van der Waals surface area contributed by atoms with Crippen LogP contribution >= 0.6 is 11.8 Å². The second kappa shape index (κ2) is 6.48. The van der Waals surface area contributed by atoms with Gasteiger partial charge in [0.2, 0.25) is 0 Å². The molecule has 0 atom stereocenters. The van der Waals surface area contributed by atoms with E-state index in [2.05, 4.69) is 35.1 Å². The number of amides is 1. The average molecular weight is 313 g/mol. The number of rotatable bonds is 3. The van der Waals surface area contributed by atoms with Crippen LogP contribution in [0.1, 0.15) is 34.2 Å². The highest BCUT2D eigenvalue weighted by Gasteiger charge is 2.23. The number of aryl methyl sites for hydroxylation is 1. The zero-order valence-corrected chi connectivity index (χ0v) is 13.7. The highest BCUT2D eigenvalue weighted by atomic mass is 32.2. The third-order valence-corrected chi connectivity index (χ3v) is 4.47. The Morgan fingerprint density at radius 1 is 1.27 bits per heavy atom. The Bertz CT molecular complexity index is 702. The number of hydrogen-bond donors (Lipinski definition) is 0. The van der Waals surface area contributed by atoms with Crippen LogP contribution in [0.25, 0.3) is 0 Å². The van der Waals surface area contributed by atoms with E-state index in [0.717, 1.165) is 24.4 Å². The molecule has 0 spiro atoms. The molecule has 114 valence electrons. The summed E-state index contributed by atoms with van der Waals surface area (Å²) in [5.41, 5.74) is 3.92. The Labute approximate surface area is 135 Å². The summed E-state index contributed by atoms with van der Waals surface area (Å²) in [6.07, 6.45) is 0.905. The van der Waals surface area contributed by atoms with E-state index in [1.807, 2.05) is 17.9 Å². The molecule has 1 amide bonds. The van der Waals surface area contributed by atoms with Crippen LogP contribution in [0.2, 0.25) is 0 Å². The first-order chi connectivity index (χ1) is 10.7. The lowest BCUT2D eigenvalue weighted by Gasteiger charge is -2.28. The average Bonchev–Trinajstić information content (AvgIpc) is 2.53. The lowest BCUT2D eigenvalue weighted by molar-refractivity contribution is 0.0727. The normalized spacial score (nSPS) is 13.8. The van der Waals surface area contributed by atoms with Gasteiger partial charge in [0.15, 0.2) is 5.16 Å². The molecule has 2 heterocycles. The summed E-state index contributed by atoms with van der Waals surface area (Å²) >= 11 is 1.56. The second-order valence-electron chi connectivity index (χ2n) is 5.36. The fraction of sp³-hybridized carbons (Fsp3) is 0.353. The molecule has 0 radical (unpaired) electrons. The Kier molecular flexibility index (Phi) is 4.43. The molecule has 4 nitrogen and oxygen atoms in total. The van der Waals surface area contributed by atoms with Gasteiger partial charge >= 0.3 is 0 Å². The van der Waals surface area contributed by atoms with Crippen molar-refractivity contribution in [2.75, 3.05) is 12.3 Å². The van der Waals surface area contributed by atoms with Gasteiger partial charge in [0.1, 0.15) is 5.69 Å². The molecular formula is C17H19N3OS. The first kappa shape index (κ1) is 15.0. The highest BCUT2D eigenvalue weighted by Crippen LogP contribution is 2.21. The minimum absolute atomic E-state index is 0.00189. The monoisotopic (exact) mass is 313 g/mol. The molecule has 1 aromatic carbocycles. The summed E-state index contributed by atoms with van der Waals surface area (Å²) in [5, 5.41) is 0.684. The Hall–Kier alpha value is -1.88. The minimum Gasteiger partial charge on any atom is -0.333 e. The number of carbonyl (C=O) groups excluding carboxylic acids is 1. The van der Waals surface area contributed by atoms with Gasteiger partial charge in [-0.3, -0.25) is 4.79 Å². The molecule has 0 saturated carbocycles. The van der Waals surface area contributed by atoms with Gasteiger partial charge in [-0.15, -0.1) is 0 Å². The quantitative estimate of drug-likeness (QED) is 0.645. The number of benzene rings is 1. The maximum absolute atomic E-state index is 12.7. The molecule has 22 heavy (non-hydrogen) atoms. The summed E-state index contributed by atoms with van der Waals surface area (Å²) in [5.74, 6) is 0.895. The van der Waals surface area contributed by atoms with Gasteiger partial charge in [0.25, 0.3) is 5.91 Å². The largest absolute Gasteiger partial charge is 0.333 e. The Morgan fingerprint density at radius 3 is 2.82 bits per heavy atom. The molecule has 0 fully saturated rings. The smallest absolute Gasteiger partial charge is 0.272 e. The van der Waals surface area contributed by atoms with Crippen molar-refractivity contribution < 1.29 is 4.79 Å². The summed E-state index contributed by atoms with van der Waals surface area (Å²) in [6.45, 7) is 5.37. The van der Waals surface area contributed by atoms with Crippen LogP contribution in [0.3, 0.4) is 0 Å². The molecule has 5 heteroatoms. The number of thioether (sulfide) groups is 1. The van der Waals surface area contributed by atoms with Gasteiger partial charge in [-0.2, -0.15) is 0 Å². The number of aromatic nitrogens is 2. The van der Waals surface area contributed by atoms with Crippen LogP contribution in [0, 0.1) is 6.92 Å². The standard InChI is InChI=1S/C17H19N3OS/c1-3-22-17-18-12(2)10-15(19-17)16(21)20-9-8-13-6-4-5-7-14(13)11-20/h4-7,10H,3,8-9,11H2,1-2H3. The second-order valence-corrected chi connectivity index (χ2v) is 6.59. The van der Waals surface area contributed by atoms with E-state index >= 15 is 0 Å². The van der Waals surface area contributed by atoms with E-state index in [1.54, 1.807) is 17.8 Å². The third-order valence-electron chi connectivity index (χ3n) is 3.74. The molecule has 3 rings (SSSR count). The minimum atomic E-state index is -0.00189. The van der Waals surface area contributed by atoms with E-state index in [1.165, 1.54) is 11.1 Å². The van der Waals surface area contributed by atoms with Crippen molar-refractivity contribution in [2.45, 2.75) is 32.0 Å². The molecule has 0 saturated heterocycles. The number of nitrogens with zero attached hydrogens (tertiary/aromatic N) is 3. The molecule has 2 aromatic rings. The fourth-order valence-electron chi connectivity index (χ4n) is 2.68. The number of hydrogen-bond acceptors (Lipinski definition) is 4. The Balaban J connectivity index is 1.83. The zero-order chi connectivity index (χ0) is 15.5. The van der Waals surface area contributed by atoms with Crippen LogP contribution in [-0.4, -0.2) is 33.1 Å². The van der Waals surface area contributed by atoms with Crippen molar-refractivity contribution >= 4 is 17.7 Å². The van der Waals surface area contributed by atoms with E-state index < -0.39 is 0 Å². The maximum Gasteiger partial charge on any atom is 0.272 e. The summed E-state index contributed by atoms with van der Waals surface area (Å²) < 4.78 is 0. The topological polar surface area (TPSA) is 46.1 Å². The van der Waals surface area contributed by atoms with Gasteiger partial charge < -0.3 is 4.90 Å². The highest BCUT2D eigenvalue weighted by molar-refractivity contribution is 7.99. The van der Waals surface area contributed by atoms with Crippen LogP contribution in [-0.2, 0) is 13.0 Å². The van der Waals surface area contributed by atoms with E-state index in [4.69, 9.17) is 0 Å². The SMILES string of the molecule is CCSc1nc(C)cc(C(=O)N2CCc3ccccc3C2)n1. The van der Waals surface area contributed by atoms with Crippen LogP contribution in [0.5, 0.6) is 0 Å². The van der Waals surface area contributed by atoms with Crippen molar-refractivity contribution in [1.82, 2.24) is 14.9 Å². The van der Waals surface area contributed by atoms with Crippen molar-refractivity contribution in [1.29, 1.82) is 0 Å². The molecule has 0 unspecified atom stereocenters. The first-order valence-corrected chi connectivity index (χ1v) is 8.50. The van der Waals surface area contributed by atoms with E-state index in [0.29, 0.717) is 17.4 Å². The van der Waals surface area contributed by atoms with E-state index in [9.17, 15) is 4.79 Å². The molecule has 1 aliphatic heterocycles. The zero-order valence-electron chi connectivity index (χ0n) is 12.9. The lowest BCUT2D eigenvalue weighted by Crippen LogP contribution is -2.36. The summed E-state index contributed by atoms with van der Waals surface area (Å²) in [4.78, 5) is 23.4. The van der Waals surface area contributed by atoms with Crippen molar-refractivity contribution in [3.63, 3.8) is 0 Å². The predicted octanol–water partition coefficient (Wildman–Crippen LogP) is 3.10. The number of carbonyl (C=O) groups is 1. The van der Waals surface area contributed by atoms with Gasteiger partial charge in [0, 0.05) is 18.8 Å². The first-order valence-electron chi connectivity index (χ1n) is 7.52. The van der Waals surface area contributed by atoms with Crippen molar-refractivity contribution in [3.05, 3.63) is 52.8 Å². The van der Waals surface area contributed by atoms with Gasteiger partial charge in [-0.25, -0.2) is 9.97 Å². The Morgan fingerprint density at radius 2 is 2.05 bits per heavy atom. The summed E-state index contributed by atoms with van der Waals surface area (Å²) in [7, 11) is 0. The van der Waals surface area contributed by atoms with Gasteiger partial charge in [-0.05, 0) is 36.3 Å². The molecular weight excluding hydrogens is 294 g/mol. The molecule has 1 aromatic heterocycles. The molecule has 0 N–H and O–H groups in total. The summed E-state index contributed by atoms with van der Waals surface area (Å²) in [6, 6.07) is 10.1. The maximum atomic E-state index is 12.7. The van der Waals surface area contributed by atoms with Crippen LogP contribution in [0.4, 0.5) is 0 Å². The third kappa shape index (κ3) is 3.14. The van der Waals surface area contributed by atoms with E-state index in [-0.39, 0.29) is 5.91 Å². The van der Waals surface area contributed by atoms with Crippen molar-refractivity contribution in [2.24, 2.45) is 0 Å². The molecule has 1 aliphatic rings. The lowest BCUT2D eigenvalue weighted by atomic mass is 10.00.